The minimum absolute atomic E-state index is 0.0810. The first-order valence-corrected chi connectivity index (χ1v) is 12.7. The van der Waals surface area contributed by atoms with E-state index < -0.39 is 78.3 Å². The number of benzene rings is 2. The van der Waals surface area contributed by atoms with Crippen molar-refractivity contribution in [1.82, 2.24) is 0 Å². The number of hydrogen-bond donors (Lipinski definition) is 8. The summed E-state index contributed by atoms with van der Waals surface area (Å²) in [5.41, 5.74) is -0.835. The highest BCUT2D eigenvalue weighted by Gasteiger charge is 2.50. The van der Waals surface area contributed by atoms with Gasteiger partial charge in [0.05, 0.1) is 12.2 Å². The van der Waals surface area contributed by atoms with Gasteiger partial charge in [-0.3, -0.25) is 4.79 Å². The Morgan fingerprint density at radius 1 is 0.732 bits per heavy atom. The topological polar surface area (TPSA) is 229 Å². The van der Waals surface area contributed by atoms with E-state index in [0.717, 1.165) is 12.1 Å². The summed E-state index contributed by atoms with van der Waals surface area (Å²) < 4.78 is 28.4. The van der Waals surface area contributed by atoms with Crippen molar-refractivity contribution in [2.24, 2.45) is 0 Å². The van der Waals surface area contributed by atoms with E-state index in [2.05, 4.69) is 0 Å². The lowest BCUT2D eigenvalue weighted by molar-refractivity contribution is -0.346. The van der Waals surface area contributed by atoms with E-state index >= 15 is 0 Å². The molecule has 3 aromatic rings. The van der Waals surface area contributed by atoms with Crippen LogP contribution in [0.1, 0.15) is 13.8 Å². The molecule has 2 aliphatic heterocycles. The summed E-state index contributed by atoms with van der Waals surface area (Å²) in [6.45, 7) is 2.86. The predicted molar refractivity (Wildman–Crippen MR) is 137 cm³/mol. The third-order valence-corrected chi connectivity index (χ3v) is 7.16. The molecule has 1 aromatic heterocycles. The van der Waals surface area contributed by atoms with E-state index in [1.807, 2.05) is 0 Å². The standard InChI is InChI=1S/C27H30O14/c1-9-17(31)20(34)21(35)26(37-9)40-24-18(32)10(2)38-27(22(24)36)41-25-19(33)16-14(30)7-13(29)8-15(16)39-23(25)11-3-5-12(28)6-4-11/h3-10,17-18,20-22,24,26-32,34-36H,1-2H3/t9-,10-,17-,18-,20+,21+,22+,24+,26-,27-/m0/s1. The summed E-state index contributed by atoms with van der Waals surface area (Å²) in [5.74, 6) is -1.78. The molecule has 0 saturated carbocycles. The fraction of sp³-hybridized carbons (Fsp3) is 0.444. The van der Waals surface area contributed by atoms with Crippen LogP contribution in [0.25, 0.3) is 22.3 Å². The minimum Gasteiger partial charge on any atom is -0.508 e. The minimum atomic E-state index is -1.81. The summed E-state index contributed by atoms with van der Waals surface area (Å²) in [5, 5.41) is 82.0. The molecule has 8 N–H and O–H groups in total. The highest BCUT2D eigenvalue weighted by atomic mass is 16.7. The second kappa shape index (κ2) is 11.1. The maximum absolute atomic E-state index is 13.6. The summed E-state index contributed by atoms with van der Waals surface area (Å²) in [4.78, 5) is 13.6. The van der Waals surface area contributed by atoms with Crippen LogP contribution >= 0.6 is 0 Å². The largest absolute Gasteiger partial charge is 0.508 e. The van der Waals surface area contributed by atoms with Crippen LogP contribution in [0.15, 0.2) is 45.6 Å². The maximum atomic E-state index is 13.6. The van der Waals surface area contributed by atoms with Crippen LogP contribution in [-0.2, 0) is 14.2 Å². The van der Waals surface area contributed by atoms with Crippen LogP contribution in [0.4, 0.5) is 0 Å². The van der Waals surface area contributed by atoms with Crippen molar-refractivity contribution in [3.8, 4) is 34.3 Å². The first kappa shape index (κ1) is 29.0. The Hall–Kier alpha value is -3.47. The monoisotopic (exact) mass is 578 g/mol. The molecular formula is C27H30O14. The zero-order chi connectivity index (χ0) is 29.7. The molecule has 0 spiro atoms. The van der Waals surface area contributed by atoms with E-state index in [-0.39, 0.29) is 33.8 Å². The molecule has 14 heteroatoms. The van der Waals surface area contributed by atoms with Crippen LogP contribution in [0.2, 0.25) is 0 Å². The lowest BCUT2D eigenvalue weighted by Gasteiger charge is -2.45. The molecule has 0 radical (unpaired) electrons. The molecular weight excluding hydrogens is 548 g/mol. The Kier molecular flexibility index (Phi) is 7.84. The average molecular weight is 579 g/mol. The van der Waals surface area contributed by atoms with E-state index in [9.17, 15) is 45.6 Å². The van der Waals surface area contributed by atoms with Crippen LogP contribution in [-0.4, -0.2) is 102 Å². The van der Waals surface area contributed by atoms with Gasteiger partial charge in [-0.15, -0.1) is 0 Å². The Bertz CT molecular complexity index is 1460. The Morgan fingerprint density at radius 3 is 2.05 bits per heavy atom. The molecule has 5 rings (SSSR count). The zero-order valence-corrected chi connectivity index (χ0v) is 21.8. The summed E-state index contributed by atoms with van der Waals surface area (Å²) in [6.07, 6.45) is -14.9. The van der Waals surface area contributed by atoms with Crippen LogP contribution in [0.3, 0.4) is 0 Å². The average Bonchev–Trinajstić information content (AvgIpc) is 2.92. The molecule has 2 saturated heterocycles. The number of fused-ring (bicyclic) bond motifs is 1. The van der Waals surface area contributed by atoms with Gasteiger partial charge in [0.2, 0.25) is 17.5 Å². The molecule has 2 aliphatic rings. The van der Waals surface area contributed by atoms with Gasteiger partial charge in [-0.2, -0.15) is 0 Å². The van der Waals surface area contributed by atoms with Crippen molar-refractivity contribution in [3.63, 3.8) is 0 Å². The van der Waals surface area contributed by atoms with Gasteiger partial charge in [0.25, 0.3) is 0 Å². The van der Waals surface area contributed by atoms with E-state index in [0.29, 0.717) is 0 Å². The molecule has 3 heterocycles. The van der Waals surface area contributed by atoms with Gasteiger partial charge >= 0.3 is 0 Å². The lowest BCUT2D eigenvalue weighted by Crippen LogP contribution is -2.63. The number of hydrogen-bond acceptors (Lipinski definition) is 14. The summed E-state index contributed by atoms with van der Waals surface area (Å²) in [7, 11) is 0. The second-order valence-corrected chi connectivity index (χ2v) is 10.1. The highest BCUT2D eigenvalue weighted by Crippen LogP contribution is 2.38. The maximum Gasteiger partial charge on any atom is 0.239 e. The van der Waals surface area contributed by atoms with Gasteiger partial charge in [0.1, 0.15) is 64.8 Å². The van der Waals surface area contributed by atoms with Gasteiger partial charge in [-0.25, -0.2) is 0 Å². The van der Waals surface area contributed by atoms with Crippen molar-refractivity contribution < 1.29 is 64.2 Å². The van der Waals surface area contributed by atoms with Crippen LogP contribution < -0.4 is 10.2 Å². The fourth-order valence-electron chi connectivity index (χ4n) is 4.83. The number of aliphatic hydroxyl groups excluding tert-OH is 5. The zero-order valence-electron chi connectivity index (χ0n) is 21.8. The number of phenols is 3. The molecule has 0 unspecified atom stereocenters. The number of rotatable bonds is 5. The second-order valence-electron chi connectivity index (χ2n) is 10.1. The molecule has 222 valence electrons. The third-order valence-electron chi connectivity index (χ3n) is 7.16. The van der Waals surface area contributed by atoms with Crippen molar-refractivity contribution in [1.29, 1.82) is 0 Å². The molecule has 2 fully saturated rings. The number of phenolic OH excluding ortho intramolecular Hbond substituents is 3. The SMILES string of the molecule is C[C@@H]1O[C@@H](O[C@@H]2[C@@H](O)[C@H](C)O[C@@H](Oc3c(-c4ccc(O)cc4)oc4cc(O)cc(O)c4c3=O)[C@@H]2O)[C@H](O)[C@H](O)[C@H]1O. The van der Waals surface area contributed by atoms with Crippen LogP contribution in [0, 0.1) is 0 Å². The number of aliphatic hydroxyl groups is 5. The molecule has 41 heavy (non-hydrogen) atoms. The van der Waals surface area contributed by atoms with Gasteiger partial charge in [-0.05, 0) is 38.1 Å². The quantitative estimate of drug-likeness (QED) is 0.193. The highest BCUT2D eigenvalue weighted by molar-refractivity contribution is 5.88. The molecule has 0 bridgehead atoms. The van der Waals surface area contributed by atoms with Gasteiger partial charge < -0.3 is 64.2 Å². The first-order valence-electron chi connectivity index (χ1n) is 12.7. The van der Waals surface area contributed by atoms with Crippen LogP contribution in [0.5, 0.6) is 23.0 Å². The van der Waals surface area contributed by atoms with Gasteiger partial charge in [0.15, 0.2) is 12.1 Å². The molecule has 2 aromatic carbocycles. The van der Waals surface area contributed by atoms with Gasteiger partial charge in [0, 0.05) is 17.7 Å². The smallest absolute Gasteiger partial charge is 0.239 e. The molecule has 0 amide bonds. The lowest BCUT2D eigenvalue weighted by atomic mass is 9.97. The normalized spacial score (nSPS) is 34.0. The van der Waals surface area contributed by atoms with Crippen molar-refractivity contribution in [2.75, 3.05) is 0 Å². The molecule has 10 atom stereocenters. The van der Waals surface area contributed by atoms with E-state index in [1.54, 1.807) is 0 Å². The van der Waals surface area contributed by atoms with Crippen molar-refractivity contribution in [3.05, 3.63) is 46.6 Å². The summed E-state index contributed by atoms with van der Waals surface area (Å²) >= 11 is 0. The first-order chi connectivity index (χ1) is 19.4. The fourth-order valence-corrected chi connectivity index (χ4v) is 4.83. The Labute approximate surface area is 231 Å². The summed E-state index contributed by atoms with van der Waals surface area (Å²) in [6, 6.07) is 7.50. The van der Waals surface area contributed by atoms with Gasteiger partial charge in [-0.1, -0.05) is 0 Å². The van der Waals surface area contributed by atoms with E-state index in [1.165, 1.54) is 38.1 Å². The van der Waals surface area contributed by atoms with Crippen molar-refractivity contribution in [2.45, 2.75) is 75.3 Å². The van der Waals surface area contributed by atoms with E-state index in [4.69, 9.17) is 23.4 Å². The third kappa shape index (κ3) is 5.31. The molecule has 0 aliphatic carbocycles. The predicted octanol–water partition coefficient (Wildman–Crippen LogP) is -0.365. The Balaban J connectivity index is 1.52. The van der Waals surface area contributed by atoms with Crippen molar-refractivity contribution >= 4 is 11.0 Å². The number of ether oxygens (including phenoxy) is 4. The number of aromatic hydroxyl groups is 3. The molecule has 14 nitrogen and oxygen atoms in total. The Morgan fingerprint density at radius 2 is 1.37 bits per heavy atom.